The highest BCUT2D eigenvalue weighted by atomic mass is 16.4. The van der Waals surface area contributed by atoms with Gasteiger partial charge in [0, 0.05) is 32.1 Å². The van der Waals surface area contributed by atoms with Crippen LogP contribution < -0.4 is 0 Å². The highest BCUT2D eigenvalue weighted by molar-refractivity contribution is 5.86. The maximum atomic E-state index is 10.2. The van der Waals surface area contributed by atoms with Gasteiger partial charge in [-0.2, -0.15) is 0 Å². The van der Waals surface area contributed by atoms with Crippen LogP contribution in [0.25, 0.3) is 0 Å². The quantitative estimate of drug-likeness (QED) is 0.585. The van der Waals surface area contributed by atoms with Crippen LogP contribution in [0.15, 0.2) is 0 Å². The van der Waals surface area contributed by atoms with Gasteiger partial charge in [0.2, 0.25) is 0 Å². The second-order valence-electron chi connectivity index (χ2n) is 3.59. The monoisotopic (exact) mass is 196 g/mol. The normalized spacial score (nSPS) is 21.0. The first-order valence-electron chi connectivity index (χ1n) is 4.76. The van der Waals surface area contributed by atoms with Crippen LogP contribution in [-0.4, -0.2) is 60.1 Å². The number of carbonyl (C=O) groups is 1. The molecule has 0 aromatic carbocycles. The van der Waals surface area contributed by atoms with Crippen molar-refractivity contribution in [1.82, 2.24) is 9.80 Å². The maximum Gasteiger partial charge on any atom is 0.381 e. The third kappa shape index (κ3) is 3.36. The molecule has 1 aliphatic rings. The molecule has 0 radical (unpaired) electrons. The summed E-state index contributed by atoms with van der Waals surface area (Å²) in [7, 11) is 2.09. The summed E-state index contributed by atoms with van der Waals surface area (Å²) in [6, 6.07) is 0.0415. The number of piperazine rings is 1. The zero-order valence-corrected chi connectivity index (χ0v) is 8.66. The average Bonchev–Trinajstić information content (AvgIpc) is 2.15. The Labute approximate surface area is 84.5 Å². The van der Waals surface area contributed by atoms with Crippen LogP contribution in [0.3, 0.4) is 0 Å². The number of hydrogen-bond donors (Lipinski definition) is 1. The van der Waals surface area contributed by atoms with Crippen LogP contribution in [0.2, 0.25) is 0 Å². The highest BCUT2D eigenvalue weighted by Gasteiger charge is 2.17. The first kappa shape index (κ1) is 11.0. The van der Waals surface area contributed by atoms with Gasteiger partial charge in [0.05, 0.1) is 6.04 Å². The molecule has 1 saturated heterocycles. The van der Waals surface area contributed by atoms with E-state index in [0.717, 1.165) is 26.2 Å². The Morgan fingerprint density at radius 2 is 1.93 bits per heavy atom. The summed E-state index contributed by atoms with van der Waals surface area (Å²) in [6.45, 7) is 5.93. The van der Waals surface area contributed by atoms with Crippen molar-refractivity contribution < 1.29 is 9.90 Å². The summed E-state index contributed by atoms with van der Waals surface area (Å²) in [5.74, 6) is 3.84. The van der Waals surface area contributed by atoms with Gasteiger partial charge < -0.3 is 10.0 Å². The van der Waals surface area contributed by atoms with Crippen molar-refractivity contribution in [1.29, 1.82) is 0 Å². The Morgan fingerprint density at radius 3 is 2.43 bits per heavy atom. The standard InChI is InChI=1S/C10H16N2O2/c1-9(3-4-10(13)14)12-7-5-11(2)6-8-12/h9H,5-8H2,1-2H3,(H,13,14). The molecule has 1 atom stereocenters. The van der Waals surface area contributed by atoms with Crippen molar-refractivity contribution in [2.45, 2.75) is 13.0 Å². The molecule has 1 unspecified atom stereocenters. The van der Waals surface area contributed by atoms with Gasteiger partial charge in [-0.25, -0.2) is 4.79 Å². The van der Waals surface area contributed by atoms with Crippen LogP contribution in [0.1, 0.15) is 6.92 Å². The van der Waals surface area contributed by atoms with Gasteiger partial charge >= 0.3 is 5.97 Å². The molecule has 1 aliphatic heterocycles. The van der Waals surface area contributed by atoms with E-state index in [1.807, 2.05) is 6.92 Å². The van der Waals surface area contributed by atoms with Crippen molar-refractivity contribution in [3.8, 4) is 11.8 Å². The fourth-order valence-corrected chi connectivity index (χ4v) is 1.47. The van der Waals surface area contributed by atoms with Gasteiger partial charge in [0.25, 0.3) is 0 Å². The average molecular weight is 196 g/mol. The minimum Gasteiger partial charge on any atom is -0.472 e. The van der Waals surface area contributed by atoms with Crippen molar-refractivity contribution in [2.24, 2.45) is 0 Å². The number of rotatable bonds is 1. The fourth-order valence-electron chi connectivity index (χ4n) is 1.47. The van der Waals surface area contributed by atoms with Crippen molar-refractivity contribution in [2.75, 3.05) is 33.2 Å². The zero-order chi connectivity index (χ0) is 10.6. The van der Waals surface area contributed by atoms with Gasteiger partial charge in [-0.3, -0.25) is 4.90 Å². The van der Waals surface area contributed by atoms with Crippen LogP contribution in [0, 0.1) is 11.8 Å². The third-order valence-corrected chi connectivity index (χ3v) is 2.47. The number of hydrogen-bond acceptors (Lipinski definition) is 3. The summed E-state index contributed by atoms with van der Waals surface area (Å²) in [4.78, 5) is 14.7. The Balaban J connectivity index is 2.43. The first-order chi connectivity index (χ1) is 6.59. The topological polar surface area (TPSA) is 43.8 Å². The lowest BCUT2D eigenvalue weighted by molar-refractivity contribution is -0.130. The predicted octanol–water partition coefficient (Wildman–Crippen LogP) is -0.290. The molecule has 4 nitrogen and oxygen atoms in total. The number of carboxylic acids is 1. The number of aliphatic carboxylic acids is 1. The summed E-state index contributed by atoms with van der Waals surface area (Å²) < 4.78 is 0. The first-order valence-corrected chi connectivity index (χ1v) is 4.76. The Hall–Kier alpha value is -1.05. The molecular formula is C10H16N2O2. The summed E-state index contributed by atoms with van der Waals surface area (Å²) in [5, 5.41) is 8.40. The summed E-state index contributed by atoms with van der Waals surface area (Å²) in [5.41, 5.74) is 0. The maximum absolute atomic E-state index is 10.2. The van der Waals surface area contributed by atoms with E-state index >= 15 is 0 Å². The molecule has 0 aromatic rings. The van der Waals surface area contributed by atoms with Crippen LogP contribution >= 0.6 is 0 Å². The van der Waals surface area contributed by atoms with Crippen LogP contribution in [0.4, 0.5) is 0 Å². The SMILES string of the molecule is CC(C#CC(=O)O)N1CCN(C)CC1. The van der Waals surface area contributed by atoms with E-state index in [4.69, 9.17) is 5.11 Å². The summed E-state index contributed by atoms with van der Waals surface area (Å²) in [6.07, 6.45) is 0. The van der Waals surface area contributed by atoms with Crippen LogP contribution in [-0.2, 0) is 4.79 Å². The van der Waals surface area contributed by atoms with E-state index in [1.54, 1.807) is 0 Å². The van der Waals surface area contributed by atoms with E-state index in [-0.39, 0.29) is 6.04 Å². The Bertz CT molecular complexity index is 259. The number of carboxylic acid groups (broad SMARTS) is 1. The molecule has 0 bridgehead atoms. The molecule has 1 N–H and O–H groups in total. The minimum atomic E-state index is -1.05. The smallest absolute Gasteiger partial charge is 0.381 e. The molecule has 0 aliphatic carbocycles. The van der Waals surface area contributed by atoms with Crippen molar-refractivity contribution in [3.63, 3.8) is 0 Å². The van der Waals surface area contributed by atoms with Gasteiger partial charge in [0.1, 0.15) is 0 Å². The van der Waals surface area contributed by atoms with Crippen molar-refractivity contribution in [3.05, 3.63) is 0 Å². The fraction of sp³-hybridized carbons (Fsp3) is 0.700. The van der Waals surface area contributed by atoms with Gasteiger partial charge in [0.15, 0.2) is 0 Å². The van der Waals surface area contributed by atoms with Gasteiger partial charge in [-0.15, -0.1) is 0 Å². The third-order valence-electron chi connectivity index (χ3n) is 2.47. The second-order valence-corrected chi connectivity index (χ2v) is 3.59. The molecule has 78 valence electrons. The number of likely N-dealkylation sites (N-methyl/N-ethyl adjacent to an activating group) is 1. The van der Waals surface area contributed by atoms with Crippen LogP contribution in [0.5, 0.6) is 0 Å². The molecule has 0 saturated carbocycles. The summed E-state index contributed by atoms with van der Waals surface area (Å²) >= 11 is 0. The lowest BCUT2D eigenvalue weighted by atomic mass is 10.2. The molecule has 1 fully saturated rings. The predicted molar refractivity (Wildman–Crippen MR) is 53.9 cm³/mol. The lowest BCUT2D eigenvalue weighted by Gasteiger charge is -2.34. The molecule has 4 heteroatoms. The molecule has 1 heterocycles. The van der Waals surface area contributed by atoms with E-state index in [2.05, 4.69) is 28.7 Å². The molecule has 1 rings (SSSR count). The highest BCUT2D eigenvalue weighted by Crippen LogP contribution is 2.03. The Kier molecular flexibility index (Phi) is 3.93. The van der Waals surface area contributed by atoms with Gasteiger partial charge in [-0.05, 0) is 14.0 Å². The van der Waals surface area contributed by atoms with Crippen molar-refractivity contribution >= 4 is 5.97 Å². The van der Waals surface area contributed by atoms with E-state index in [9.17, 15) is 4.79 Å². The van der Waals surface area contributed by atoms with E-state index in [1.165, 1.54) is 0 Å². The lowest BCUT2D eigenvalue weighted by Crippen LogP contribution is -2.47. The molecule has 14 heavy (non-hydrogen) atoms. The molecule has 0 aromatic heterocycles. The van der Waals surface area contributed by atoms with Gasteiger partial charge in [-0.1, -0.05) is 5.92 Å². The minimum absolute atomic E-state index is 0.0415. The largest absolute Gasteiger partial charge is 0.472 e. The zero-order valence-electron chi connectivity index (χ0n) is 8.66. The molecular weight excluding hydrogens is 180 g/mol. The molecule has 0 amide bonds. The van der Waals surface area contributed by atoms with E-state index in [0.29, 0.717) is 0 Å². The van der Waals surface area contributed by atoms with E-state index < -0.39 is 5.97 Å². The second kappa shape index (κ2) is 4.99. The number of nitrogens with zero attached hydrogens (tertiary/aromatic N) is 2. The Morgan fingerprint density at radius 1 is 1.36 bits per heavy atom. The molecule has 0 spiro atoms.